The van der Waals surface area contributed by atoms with Gasteiger partial charge < -0.3 is 4.42 Å². The van der Waals surface area contributed by atoms with E-state index in [2.05, 4.69) is 260 Å². The van der Waals surface area contributed by atoms with Crippen molar-refractivity contribution in [2.45, 2.75) is 0 Å². The molecule has 1 aliphatic heterocycles. The normalized spacial score (nSPS) is 12.7. The molecule has 0 amide bonds. The van der Waals surface area contributed by atoms with Crippen molar-refractivity contribution < 1.29 is 4.42 Å². The van der Waals surface area contributed by atoms with Crippen molar-refractivity contribution in [2.75, 3.05) is 4.90 Å². The van der Waals surface area contributed by atoms with Gasteiger partial charge in [0.2, 0.25) is 0 Å². The molecule has 2 nitrogen and oxygen atoms in total. The van der Waals surface area contributed by atoms with Crippen LogP contribution in [-0.2, 0) is 0 Å². The summed E-state index contributed by atoms with van der Waals surface area (Å²) in [5.41, 5.74) is 15.2. The zero-order valence-corrected chi connectivity index (χ0v) is 44.0. The minimum absolute atomic E-state index is 0.916. The fourth-order valence-electron chi connectivity index (χ4n) is 12.0. The van der Waals surface area contributed by atoms with Crippen LogP contribution in [0.3, 0.4) is 0 Å². The average molecular weight is 1100 g/mol. The number of nitrogens with zero attached hydrogens (tertiary/aromatic N) is 1. The summed E-state index contributed by atoms with van der Waals surface area (Å²) in [6.45, 7) is 0. The Morgan fingerprint density at radius 2 is 0.789 bits per heavy atom. The summed E-state index contributed by atoms with van der Waals surface area (Å²) < 4.78 is 13.2. The summed E-state index contributed by atoms with van der Waals surface area (Å²) in [5, 5.41) is 12.8. The molecule has 0 fully saturated rings. The summed E-state index contributed by atoms with van der Waals surface area (Å²) in [4.78, 5) is 2.42. The quantitative estimate of drug-likeness (QED) is 0.117. The number of hydrogen-bond donors (Lipinski definition) is 0. The van der Waals surface area contributed by atoms with Crippen LogP contribution in [0.5, 0.6) is 0 Å². The van der Waals surface area contributed by atoms with Gasteiger partial charge in [-0.2, -0.15) is 0 Å². The van der Waals surface area contributed by atoms with Crippen LogP contribution < -0.4 is 4.90 Å². The number of furan rings is 1. The maximum atomic E-state index is 6.17. The predicted octanol–water partition coefficient (Wildman–Crippen LogP) is 21.3. The van der Waals surface area contributed by atoms with Gasteiger partial charge in [-0.15, -0.1) is 0 Å². The van der Waals surface area contributed by atoms with E-state index in [1.54, 1.807) is 0 Å². The van der Waals surface area contributed by atoms with Crippen LogP contribution in [0.2, 0.25) is 0 Å². The SMILES string of the molecule is c1ccc(N(c2ccc(-c3ccc4c(c3)-c3cc(-c5ccc(-c6ccc7oc8ccccc8c7c6)cc5)ccc3I4c3ccc4c5ccccc5c5ccccc5c4c3)cc2)c2cccc3c2sc2ccccc23)cc1. The van der Waals surface area contributed by atoms with E-state index in [-0.39, 0.29) is 0 Å². The van der Waals surface area contributed by atoms with Crippen molar-refractivity contribution in [3.8, 4) is 44.5 Å². The first-order valence-electron chi connectivity index (χ1n) is 25.9. The standard InChI is InChI=1S/C72H44INOS/c1-2-13-52(14-3-1)74(68-22-12-21-61-60-20-9-11-24-71(60)76-72(61)68)53-35-29-47(30-36-53)49-32-39-67-64(42-49)63-41-48(45-25-27-46(28-26-45)50-33-40-70-65(43-50)59-19-8-10-23-69(59)75-70)31-38-66(63)73(67)51-34-37-58-56-17-5-4-15-54(56)55-16-6-7-18-57(55)62(58)44-51/h1-44H. The first-order valence-corrected chi connectivity index (χ1v) is 29.9. The molecule has 0 spiro atoms. The second-order valence-electron chi connectivity index (χ2n) is 19.8. The number of thiophene rings is 1. The molecule has 0 radical (unpaired) electrons. The zero-order chi connectivity index (χ0) is 49.8. The molecule has 0 aliphatic carbocycles. The first kappa shape index (κ1) is 43.6. The number of hydrogen-bond acceptors (Lipinski definition) is 3. The average Bonchev–Trinajstić information content (AvgIpc) is 4.31. The number of fused-ring (bicyclic) bond motifs is 15. The number of rotatable bonds is 7. The first-order chi connectivity index (χ1) is 37.7. The van der Waals surface area contributed by atoms with E-state index in [0.717, 1.165) is 33.3 Å². The third-order valence-electron chi connectivity index (χ3n) is 15.6. The van der Waals surface area contributed by atoms with Gasteiger partial charge in [0.15, 0.2) is 0 Å². The fraction of sp³-hybridized carbons (Fsp3) is 0. The van der Waals surface area contributed by atoms with Crippen LogP contribution in [-0.4, -0.2) is 0 Å². The molecule has 0 saturated carbocycles. The van der Waals surface area contributed by atoms with Gasteiger partial charge in [0.05, 0.1) is 0 Å². The van der Waals surface area contributed by atoms with Crippen molar-refractivity contribution in [3.05, 3.63) is 278 Å². The Balaban J connectivity index is 0.812. The third-order valence-corrected chi connectivity index (χ3v) is 22.9. The Bertz CT molecular complexity index is 4790. The van der Waals surface area contributed by atoms with Gasteiger partial charge in [-0.05, 0) is 12.1 Å². The minimum atomic E-state index is -2.19. The van der Waals surface area contributed by atoms with Crippen molar-refractivity contribution >= 4 is 123 Å². The van der Waals surface area contributed by atoms with Crippen LogP contribution >= 0.6 is 31.2 Å². The van der Waals surface area contributed by atoms with Gasteiger partial charge in [0, 0.05) is 10.1 Å². The molecule has 2 aromatic heterocycles. The Morgan fingerprint density at radius 1 is 0.303 bits per heavy atom. The molecule has 76 heavy (non-hydrogen) atoms. The van der Waals surface area contributed by atoms with Crippen LogP contribution in [0.1, 0.15) is 0 Å². The molecule has 13 aromatic carbocycles. The molecule has 4 heteroatoms. The summed E-state index contributed by atoms with van der Waals surface area (Å²) >= 11 is -0.320. The summed E-state index contributed by atoms with van der Waals surface area (Å²) in [6, 6.07) is 99.4. The monoisotopic (exact) mass is 1100 g/mol. The molecule has 356 valence electrons. The Kier molecular flexibility index (Phi) is 9.97. The van der Waals surface area contributed by atoms with Gasteiger partial charge in [-0.25, -0.2) is 0 Å². The number of benzene rings is 13. The molecule has 16 rings (SSSR count). The van der Waals surface area contributed by atoms with Crippen molar-refractivity contribution in [1.29, 1.82) is 0 Å². The predicted molar refractivity (Wildman–Crippen MR) is 332 cm³/mol. The fourth-order valence-corrected chi connectivity index (χ4v) is 19.4. The van der Waals surface area contributed by atoms with Crippen molar-refractivity contribution in [2.24, 2.45) is 0 Å². The Morgan fingerprint density at radius 3 is 1.46 bits per heavy atom. The zero-order valence-electron chi connectivity index (χ0n) is 41.0. The third kappa shape index (κ3) is 6.91. The molecule has 0 bridgehead atoms. The second-order valence-corrected chi connectivity index (χ2v) is 26.1. The second kappa shape index (κ2) is 17.4. The van der Waals surface area contributed by atoms with Gasteiger partial charge in [0.25, 0.3) is 0 Å². The van der Waals surface area contributed by atoms with E-state index < -0.39 is 19.8 Å². The molecular weight excluding hydrogens is 1050 g/mol. The number of anilines is 3. The summed E-state index contributed by atoms with van der Waals surface area (Å²) in [5.74, 6) is 0. The van der Waals surface area contributed by atoms with E-state index in [9.17, 15) is 0 Å². The topological polar surface area (TPSA) is 16.4 Å². The van der Waals surface area contributed by atoms with Crippen LogP contribution in [0.25, 0.3) is 119 Å². The van der Waals surface area contributed by atoms with Crippen molar-refractivity contribution in [3.63, 3.8) is 0 Å². The molecule has 1 aliphatic rings. The van der Waals surface area contributed by atoms with E-state index >= 15 is 0 Å². The molecule has 15 aromatic rings. The van der Waals surface area contributed by atoms with Crippen LogP contribution in [0.15, 0.2) is 271 Å². The molecular formula is C72H44INOS. The number of para-hydroxylation sites is 2. The van der Waals surface area contributed by atoms with Gasteiger partial charge in [-0.1, -0.05) is 48.5 Å². The number of halogens is 1. The van der Waals surface area contributed by atoms with Gasteiger partial charge >= 0.3 is 373 Å². The van der Waals surface area contributed by atoms with E-state index in [1.165, 1.54) is 113 Å². The van der Waals surface area contributed by atoms with E-state index in [1.807, 2.05) is 23.5 Å². The van der Waals surface area contributed by atoms with Crippen LogP contribution in [0, 0.1) is 10.7 Å². The molecule has 0 unspecified atom stereocenters. The van der Waals surface area contributed by atoms with Crippen LogP contribution in [0.4, 0.5) is 17.1 Å². The van der Waals surface area contributed by atoms with E-state index in [4.69, 9.17) is 4.42 Å². The van der Waals surface area contributed by atoms with Crippen molar-refractivity contribution in [1.82, 2.24) is 0 Å². The Hall–Kier alpha value is -8.81. The Labute approximate surface area is 450 Å². The summed E-state index contributed by atoms with van der Waals surface area (Å²) in [7, 11) is 0. The van der Waals surface area contributed by atoms with Gasteiger partial charge in [0.1, 0.15) is 5.58 Å². The molecule has 0 saturated heterocycles. The summed E-state index contributed by atoms with van der Waals surface area (Å²) in [6.07, 6.45) is 0. The molecule has 3 heterocycles. The molecule has 0 N–H and O–H groups in total. The van der Waals surface area contributed by atoms with Gasteiger partial charge in [-0.3, -0.25) is 0 Å². The van der Waals surface area contributed by atoms with E-state index in [0.29, 0.717) is 0 Å². The molecule has 0 atom stereocenters. The maximum absolute atomic E-state index is 6.17.